The summed E-state index contributed by atoms with van der Waals surface area (Å²) in [5.41, 5.74) is 0.647. The zero-order valence-electron chi connectivity index (χ0n) is 11.6. The number of hydrogen-bond acceptors (Lipinski definition) is 2. The lowest BCUT2D eigenvalue weighted by atomic mass is 10.1. The Morgan fingerprint density at radius 1 is 1.28 bits per heavy atom. The van der Waals surface area contributed by atoms with Gasteiger partial charge >= 0.3 is 0 Å². The summed E-state index contributed by atoms with van der Waals surface area (Å²) in [7, 11) is 0. The Bertz CT molecular complexity index is 352. The van der Waals surface area contributed by atoms with Crippen molar-refractivity contribution in [1.29, 1.82) is 0 Å². The molecule has 0 amide bonds. The summed E-state index contributed by atoms with van der Waals surface area (Å²) in [4.78, 5) is 0. The van der Waals surface area contributed by atoms with E-state index in [-0.39, 0.29) is 5.82 Å². The molecule has 0 saturated heterocycles. The van der Waals surface area contributed by atoms with Crippen LogP contribution in [0.15, 0.2) is 18.2 Å². The minimum Gasteiger partial charge on any atom is -0.492 e. The number of aryl methyl sites for hydroxylation is 1. The van der Waals surface area contributed by atoms with Gasteiger partial charge in [0.15, 0.2) is 0 Å². The van der Waals surface area contributed by atoms with E-state index >= 15 is 0 Å². The monoisotopic (exact) mass is 253 g/mol. The third-order valence-corrected chi connectivity index (χ3v) is 2.83. The molecule has 0 aromatic heterocycles. The van der Waals surface area contributed by atoms with Gasteiger partial charge in [-0.3, -0.25) is 0 Å². The number of nitrogens with one attached hydrogen (secondary N) is 1. The summed E-state index contributed by atoms with van der Waals surface area (Å²) in [6.45, 7) is 8.60. The summed E-state index contributed by atoms with van der Waals surface area (Å²) < 4.78 is 18.7. The molecule has 0 spiro atoms. The average molecular weight is 253 g/mol. The fourth-order valence-corrected chi connectivity index (χ4v) is 1.66. The van der Waals surface area contributed by atoms with Crippen molar-refractivity contribution in [1.82, 2.24) is 5.32 Å². The van der Waals surface area contributed by atoms with Crippen molar-refractivity contribution in [2.24, 2.45) is 5.92 Å². The van der Waals surface area contributed by atoms with Crippen LogP contribution >= 0.6 is 0 Å². The highest BCUT2D eigenvalue weighted by Crippen LogP contribution is 2.15. The van der Waals surface area contributed by atoms with Crippen LogP contribution in [0.2, 0.25) is 0 Å². The van der Waals surface area contributed by atoms with Gasteiger partial charge in [0.25, 0.3) is 0 Å². The molecule has 0 aliphatic carbocycles. The zero-order chi connectivity index (χ0) is 13.4. The highest BCUT2D eigenvalue weighted by molar-refractivity contribution is 5.27. The maximum absolute atomic E-state index is 13.2. The van der Waals surface area contributed by atoms with Crippen LogP contribution in [0.1, 0.15) is 32.3 Å². The highest BCUT2D eigenvalue weighted by atomic mass is 19.1. The van der Waals surface area contributed by atoms with E-state index in [1.807, 2.05) is 0 Å². The van der Waals surface area contributed by atoms with Crippen LogP contribution in [0, 0.1) is 18.7 Å². The van der Waals surface area contributed by atoms with Crippen molar-refractivity contribution in [3.05, 3.63) is 29.6 Å². The second-order valence-electron chi connectivity index (χ2n) is 5.05. The van der Waals surface area contributed by atoms with Gasteiger partial charge in [0.1, 0.15) is 18.2 Å². The molecule has 0 unspecified atom stereocenters. The molecular weight excluding hydrogens is 229 g/mol. The fourth-order valence-electron chi connectivity index (χ4n) is 1.66. The van der Waals surface area contributed by atoms with Gasteiger partial charge in [-0.15, -0.1) is 0 Å². The van der Waals surface area contributed by atoms with Crippen molar-refractivity contribution in [3.8, 4) is 5.75 Å². The average Bonchev–Trinajstić information content (AvgIpc) is 2.32. The van der Waals surface area contributed by atoms with Gasteiger partial charge < -0.3 is 10.1 Å². The first-order chi connectivity index (χ1) is 8.59. The highest BCUT2D eigenvalue weighted by Gasteiger charge is 2.00. The zero-order valence-corrected chi connectivity index (χ0v) is 11.6. The van der Waals surface area contributed by atoms with Crippen molar-refractivity contribution in [3.63, 3.8) is 0 Å². The minimum atomic E-state index is -0.211. The molecule has 0 fully saturated rings. The molecule has 1 aromatic rings. The number of ether oxygens (including phenoxy) is 1. The second kappa shape index (κ2) is 8.09. The standard InChI is InChI=1S/C15H24FNO/c1-12(2)5-4-8-17-9-10-18-14-7-6-13(3)15(16)11-14/h6-7,11-12,17H,4-5,8-10H2,1-3H3. The van der Waals surface area contributed by atoms with E-state index in [1.54, 1.807) is 19.1 Å². The number of rotatable bonds is 8. The van der Waals surface area contributed by atoms with Crippen molar-refractivity contribution in [2.75, 3.05) is 19.7 Å². The van der Waals surface area contributed by atoms with E-state index in [4.69, 9.17) is 4.74 Å². The first-order valence-corrected chi connectivity index (χ1v) is 6.69. The predicted octanol–water partition coefficient (Wildman–Crippen LogP) is 3.54. The Kier molecular flexibility index (Phi) is 6.73. The normalized spacial score (nSPS) is 10.9. The Hall–Kier alpha value is -1.09. The van der Waals surface area contributed by atoms with Gasteiger partial charge in [0.2, 0.25) is 0 Å². The van der Waals surface area contributed by atoms with Crippen LogP contribution in [0.25, 0.3) is 0 Å². The molecule has 102 valence electrons. The largest absolute Gasteiger partial charge is 0.492 e. The van der Waals surface area contributed by atoms with Gasteiger partial charge in [0.05, 0.1) is 0 Å². The summed E-state index contributed by atoms with van der Waals surface area (Å²) >= 11 is 0. The van der Waals surface area contributed by atoms with E-state index in [2.05, 4.69) is 19.2 Å². The molecule has 0 aliphatic rings. The Morgan fingerprint density at radius 2 is 2.06 bits per heavy atom. The van der Waals surface area contributed by atoms with Crippen LogP contribution < -0.4 is 10.1 Å². The molecular formula is C15H24FNO. The molecule has 0 bridgehead atoms. The molecule has 0 atom stereocenters. The second-order valence-corrected chi connectivity index (χ2v) is 5.05. The molecule has 1 rings (SSSR count). The molecule has 1 N–H and O–H groups in total. The Labute approximate surface area is 110 Å². The molecule has 2 nitrogen and oxygen atoms in total. The number of hydrogen-bond donors (Lipinski definition) is 1. The van der Waals surface area contributed by atoms with E-state index in [1.165, 1.54) is 18.9 Å². The topological polar surface area (TPSA) is 21.3 Å². The molecule has 3 heteroatoms. The van der Waals surface area contributed by atoms with Crippen LogP contribution in [0.4, 0.5) is 4.39 Å². The summed E-state index contributed by atoms with van der Waals surface area (Å²) in [6.07, 6.45) is 2.44. The Balaban J connectivity index is 2.09. The maximum Gasteiger partial charge on any atom is 0.129 e. The van der Waals surface area contributed by atoms with E-state index in [0.29, 0.717) is 17.9 Å². The summed E-state index contributed by atoms with van der Waals surface area (Å²) in [6, 6.07) is 4.98. The van der Waals surface area contributed by atoms with Crippen LogP contribution in [0.5, 0.6) is 5.75 Å². The van der Waals surface area contributed by atoms with Crippen molar-refractivity contribution < 1.29 is 9.13 Å². The SMILES string of the molecule is Cc1ccc(OCCNCCCC(C)C)cc1F. The third-order valence-electron chi connectivity index (χ3n) is 2.83. The lowest BCUT2D eigenvalue weighted by Gasteiger charge is -2.09. The van der Waals surface area contributed by atoms with Gasteiger partial charge in [-0.05, 0) is 43.9 Å². The molecule has 0 radical (unpaired) electrons. The van der Waals surface area contributed by atoms with Gasteiger partial charge in [-0.2, -0.15) is 0 Å². The lowest BCUT2D eigenvalue weighted by molar-refractivity contribution is 0.311. The van der Waals surface area contributed by atoms with Crippen molar-refractivity contribution >= 4 is 0 Å². The molecule has 0 aliphatic heterocycles. The quantitative estimate of drug-likeness (QED) is 0.715. The van der Waals surface area contributed by atoms with Gasteiger partial charge in [-0.1, -0.05) is 19.9 Å². The fraction of sp³-hybridized carbons (Fsp3) is 0.600. The summed E-state index contributed by atoms with van der Waals surface area (Å²) in [5.74, 6) is 1.15. The number of benzene rings is 1. The molecule has 0 heterocycles. The first-order valence-electron chi connectivity index (χ1n) is 6.69. The van der Waals surface area contributed by atoms with Crippen LogP contribution in [-0.4, -0.2) is 19.7 Å². The minimum absolute atomic E-state index is 0.211. The van der Waals surface area contributed by atoms with E-state index in [9.17, 15) is 4.39 Å². The molecule has 0 saturated carbocycles. The van der Waals surface area contributed by atoms with Crippen LogP contribution in [0.3, 0.4) is 0 Å². The van der Waals surface area contributed by atoms with Crippen LogP contribution in [-0.2, 0) is 0 Å². The lowest BCUT2D eigenvalue weighted by Crippen LogP contribution is -2.22. The van der Waals surface area contributed by atoms with E-state index in [0.717, 1.165) is 19.0 Å². The van der Waals surface area contributed by atoms with Gasteiger partial charge in [-0.25, -0.2) is 4.39 Å². The van der Waals surface area contributed by atoms with E-state index < -0.39 is 0 Å². The maximum atomic E-state index is 13.2. The predicted molar refractivity (Wildman–Crippen MR) is 73.6 cm³/mol. The Morgan fingerprint density at radius 3 is 2.72 bits per heavy atom. The van der Waals surface area contributed by atoms with Crippen molar-refractivity contribution in [2.45, 2.75) is 33.6 Å². The van der Waals surface area contributed by atoms with Gasteiger partial charge in [0, 0.05) is 12.6 Å². The number of halogens is 1. The molecule has 1 aromatic carbocycles. The third kappa shape index (κ3) is 6.01. The smallest absolute Gasteiger partial charge is 0.129 e. The molecule has 18 heavy (non-hydrogen) atoms. The first kappa shape index (κ1) is 15.0. The summed E-state index contributed by atoms with van der Waals surface area (Å²) in [5, 5.41) is 3.32.